The monoisotopic (exact) mass is 724 g/mol. The predicted molar refractivity (Wildman–Crippen MR) is 186 cm³/mol. The third kappa shape index (κ3) is 9.20. The van der Waals surface area contributed by atoms with Crippen molar-refractivity contribution >= 4 is 57.6 Å². The zero-order chi connectivity index (χ0) is 37.4. The first-order valence-electron chi connectivity index (χ1n) is 16.6. The van der Waals surface area contributed by atoms with Gasteiger partial charge in [0.1, 0.15) is 22.7 Å². The molecule has 2 fully saturated rings. The lowest BCUT2D eigenvalue weighted by Gasteiger charge is -2.15. The van der Waals surface area contributed by atoms with E-state index in [9.17, 15) is 32.3 Å². The summed E-state index contributed by atoms with van der Waals surface area (Å²) < 4.78 is 36.7. The summed E-state index contributed by atoms with van der Waals surface area (Å²) in [5, 5.41) is 11.4. The molecule has 2 aliphatic rings. The Morgan fingerprint density at radius 3 is 1.71 bits per heavy atom. The minimum Gasteiger partial charge on any atom is -0.364 e. The van der Waals surface area contributed by atoms with Crippen LogP contribution in [0.3, 0.4) is 0 Å². The number of fused-ring (bicyclic) bond motifs is 2. The molecule has 4 amide bonds. The number of hydrogen-bond donors (Lipinski definition) is 6. The first-order chi connectivity index (χ1) is 24.9. The van der Waals surface area contributed by atoms with Crippen molar-refractivity contribution in [2.24, 2.45) is 0 Å². The van der Waals surface area contributed by atoms with E-state index in [1.165, 1.54) is 24.5 Å². The van der Waals surface area contributed by atoms with Crippen molar-refractivity contribution in [3.05, 3.63) is 61.2 Å². The zero-order valence-electron chi connectivity index (χ0n) is 28.3. The van der Waals surface area contributed by atoms with Crippen LogP contribution < -0.4 is 21.3 Å². The van der Waals surface area contributed by atoms with E-state index in [1.54, 1.807) is 22.2 Å². The Balaban J connectivity index is 0.000000203. The van der Waals surface area contributed by atoms with Crippen molar-refractivity contribution in [1.29, 1.82) is 0 Å². The molecule has 276 valence electrons. The second-order valence-electron chi connectivity index (χ2n) is 12.0. The molecule has 6 heterocycles. The lowest BCUT2D eigenvalue weighted by atomic mass is 10.2. The highest BCUT2D eigenvalue weighted by Crippen LogP contribution is 2.22. The van der Waals surface area contributed by atoms with Gasteiger partial charge in [-0.05, 0) is 31.9 Å². The van der Waals surface area contributed by atoms with Gasteiger partial charge in [0.25, 0.3) is 11.8 Å². The van der Waals surface area contributed by atoms with Crippen LogP contribution >= 0.6 is 0 Å². The van der Waals surface area contributed by atoms with Crippen LogP contribution in [0.1, 0.15) is 46.9 Å². The molecule has 0 aliphatic carbocycles. The summed E-state index contributed by atoms with van der Waals surface area (Å²) in [5.74, 6) is -0.0523. The smallest absolute Gasteiger partial charge is 0.364 e. The molecule has 0 radical (unpaired) electrons. The molecule has 0 spiro atoms. The second kappa shape index (κ2) is 16.3. The van der Waals surface area contributed by atoms with Crippen LogP contribution in [-0.4, -0.2) is 121 Å². The molecule has 0 unspecified atom stereocenters. The number of nitrogens with one attached hydrogen (secondary N) is 6. The molecule has 0 aromatic carbocycles. The SMILES string of the molecule is C=CC(=O)N1CC[C@@H](Nc2cnc3[nH]cc(C(=O)NCC)c3n2)C1.C=CC(=O)N1CC[C@H](Nc2cnc3[nH]cc(C(=O)NCCC(F)(F)F)c3n2)C1. The van der Waals surface area contributed by atoms with Gasteiger partial charge in [0, 0.05) is 63.7 Å². The van der Waals surface area contributed by atoms with Gasteiger partial charge in [-0.25, -0.2) is 19.9 Å². The number of nitrogens with zero attached hydrogens (tertiary/aromatic N) is 6. The van der Waals surface area contributed by atoms with Crippen LogP contribution in [-0.2, 0) is 9.59 Å². The highest BCUT2D eigenvalue weighted by atomic mass is 19.4. The predicted octanol–water partition coefficient (Wildman–Crippen LogP) is 2.75. The number of likely N-dealkylation sites (tertiary alicyclic amines) is 2. The van der Waals surface area contributed by atoms with Crippen molar-refractivity contribution in [2.75, 3.05) is 49.9 Å². The van der Waals surface area contributed by atoms with Crippen LogP contribution in [0.15, 0.2) is 50.1 Å². The molecule has 0 saturated carbocycles. The number of aromatic nitrogens is 6. The number of anilines is 2. The molecular formula is C33H39F3N12O4. The average molecular weight is 725 g/mol. The van der Waals surface area contributed by atoms with E-state index >= 15 is 0 Å². The molecule has 19 heteroatoms. The van der Waals surface area contributed by atoms with Gasteiger partial charge in [0.2, 0.25) is 11.8 Å². The number of amides is 4. The van der Waals surface area contributed by atoms with Gasteiger partial charge >= 0.3 is 6.18 Å². The van der Waals surface area contributed by atoms with Gasteiger partial charge in [0.15, 0.2) is 11.3 Å². The van der Waals surface area contributed by atoms with Crippen LogP contribution in [0.4, 0.5) is 24.8 Å². The van der Waals surface area contributed by atoms with Crippen molar-refractivity contribution in [2.45, 2.75) is 44.4 Å². The molecular weight excluding hydrogens is 685 g/mol. The molecule has 4 aromatic heterocycles. The van der Waals surface area contributed by atoms with Crippen molar-refractivity contribution in [1.82, 2.24) is 50.3 Å². The fraction of sp³-hybridized carbons (Fsp3) is 0.394. The molecule has 16 nitrogen and oxygen atoms in total. The maximum atomic E-state index is 12.2. The third-order valence-electron chi connectivity index (χ3n) is 8.34. The number of hydrogen-bond acceptors (Lipinski definition) is 10. The highest BCUT2D eigenvalue weighted by molar-refractivity contribution is 6.05. The fourth-order valence-electron chi connectivity index (χ4n) is 5.77. The molecule has 6 N–H and O–H groups in total. The lowest BCUT2D eigenvalue weighted by Crippen LogP contribution is -2.30. The Morgan fingerprint density at radius 1 is 0.827 bits per heavy atom. The van der Waals surface area contributed by atoms with E-state index in [0.29, 0.717) is 66.7 Å². The molecule has 6 rings (SSSR count). The summed E-state index contributed by atoms with van der Waals surface area (Å²) >= 11 is 0. The summed E-state index contributed by atoms with van der Waals surface area (Å²) in [4.78, 5) is 74.0. The Morgan fingerprint density at radius 2 is 1.29 bits per heavy atom. The summed E-state index contributed by atoms with van der Waals surface area (Å²) in [7, 11) is 0. The average Bonchev–Trinajstić information content (AvgIpc) is 3.94. The fourth-order valence-corrected chi connectivity index (χ4v) is 5.77. The highest BCUT2D eigenvalue weighted by Gasteiger charge is 2.28. The number of H-pyrrole nitrogens is 2. The van der Waals surface area contributed by atoms with Crippen molar-refractivity contribution < 1.29 is 32.3 Å². The largest absolute Gasteiger partial charge is 0.390 e. The maximum absolute atomic E-state index is 12.2. The molecule has 52 heavy (non-hydrogen) atoms. The van der Waals surface area contributed by atoms with Crippen LogP contribution in [0.25, 0.3) is 22.3 Å². The number of alkyl halides is 3. The first kappa shape index (κ1) is 37.3. The Bertz CT molecular complexity index is 1960. The minimum atomic E-state index is -4.34. The van der Waals surface area contributed by atoms with Gasteiger partial charge < -0.3 is 41.0 Å². The molecule has 2 saturated heterocycles. The van der Waals surface area contributed by atoms with Gasteiger partial charge in [-0.2, -0.15) is 13.2 Å². The zero-order valence-corrected chi connectivity index (χ0v) is 28.3. The Hall–Kier alpha value is -6.01. The molecule has 4 aromatic rings. The molecule has 0 bridgehead atoms. The first-order valence-corrected chi connectivity index (χ1v) is 16.6. The van der Waals surface area contributed by atoms with E-state index < -0.39 is 25.0 Å². The van der Waals surface area contributed by atoms with E-state index in [4.69, 9.17) is 0 Å². The van der Waals surface area contributed by atoms with Crippen molar-refractivity contribution in [3.63, 3.8) is 0 Å². The van der Waals surface area contributed by atoms with E-state index in [2.05, 4.69) is 64.3 Å². The van der Waals surface area contributed by atoms with Gasteiger partial charge in [0.05, 0.1) is 29.9 Å². The summed E-state index contributed by atoms with van der Waals surface area (Å²) in [6.45, 7) is 11.2. The standard InChI is InChI=1S/C17H19F3N6O2.C16H20N6O2/c1-2-13(27)26-6-3-10(9-26)24-12-8-23-15-14(25-12)11(7-22-15)16(28)21-5-4-17(18,19)20;1-3-13(23)22-6-5-10(9-22)20-12-8-19-15-14(21-12)11(7-18-15)16(24)17-4-2/h2,7-8,10H,1,3-6,9H2,(H,21,28)(H,22,23)(H,24,25);3,7-8,10H,1,4-6,9H2,2H3,(H,17,24)(H,18,19)(H,20,21)/t2*10-/m01/s1. The van der Waals surface area contributed by atoms with Gasteiger partial charge in [-0.1, -0.05) is 13.2 Å². The van der Waals surface area contributed by atoms with E-state index in [-0.39, 0.29) is 40.9 Å². The lowest BCUT2D eigenvalue weighted by molar-refractivity contribution is -0.133. The topological polar surface area (TPSA) is 206 Å². The Kier molecular flexibility index (Phi) is 11.7. The summed E-state index contributed by atoms with van der Waals surface area (Å²) in [6, 6.07) is 0.0752. The number of carbonyl (C=O) groups excluding carboxylic acids is 4. The van der Waals surface area contributed by atoms with Gasteiger partial charge in [-0.15, -0.1) is 0 Å². The number of aromatic amines is 2. The van der Waals surface area contributed by atoms with E-state index in [1.807, 2.05) is 6.92 Å². The summed E-state index contributed by atoms with van der Waals surface area (Å²) in [5.41, 5.74) is 2.29. The van der Waals surface area contributed by atoms with Crippen LogP contribution in [0, 0.1) is 0 Å². The number of rotatable bonds is 11. The molecule has 2 atom stereocenters. The summed E-state index contributed by atoms with van der Waals surface area (Å²) in [6.07, 6.45) is 4.77. The number of carbonyl (C=O) groups is 4. The van der Waals surface area contributed by atoms with E-state index in [0.717, 1.165) is 12.8 Å². The van der Waals surface area contributed by atoms with Crippen molar-refractivity contribution in [3.8, 4) is 0 Å². The minimum absolute atomic E-state index is 0.0290. The quantitative estimate of drug-likeness (QED) is 0.125. The number of halogens is 3. The van der Waals surface area contributed by atoms with Crippen LogP contribution in [0.2, 0.25) is 0 Å². The van der Waals surface area contributed by atoms with Crippen LogP contribution in [0.5, 0.6) is 0 Å². The maximum Gasteiger partial charge on any atom is 0.390 e. The second-order valence-corrected chi connectivity index (χ2v) is 12.0. The normalized spacial score (nSPS) is 17.0. The Labute approximate surface area is 295 Å². The van der Waals surface area contributed by atoms with Gasteiger partial charge in [-0.3, -0.25) is 19.2 Å². The molecule has 2 aliphatic heterocycles. The third-order valence-corrected chi connectivity index (χ3v) is 8.34.